The summed E-state index contributed by atoms with van der Waals surface area (Å²) in [7, 11) is 0. The lowest BCUT2D eigenvalue weighted by Crippen LogP contribution is -1.98. The van der Waals surface area contributed by atoms with Gasteiger partial charge in [0.1, 0.15) is 0 Å². The molecule has 0 radical (unpaired) electrons. The van der Waals surface area contributed by atoms with Gasteiger partial charge < -0.3 is 14.8 Å². The number of fused-ring (bicyclic) bond motifs is 1. The molecule has 0 saturated heterocycles. The predicted octanol–water partition coefficient (Wildman–Crippen LogP) is 3.04. The van der Waals surface area contributed by atoms with Crippen LogP contribution < -0.4 is 0 Å². The molecule has 1 atom stereocenters. The Labute approximate surface area is 112 Å². The molecule has 0 bridgehead atoms. The third kappa shape index (κ3) is 2.39. The highest BCUT2D eigenvalue weighted by Gasteiger charge is 2.13. The Morgan fingerprint density at radius 2 is 2.11 bits per heavy atom. The monoisotopic (exact) mass is 267 g/mol. The number of aromatic nitrogens is 1. The lowest BCUT2D eigenvalue weighted by atomic mass is 10.1. The SMILES string of the molecule is Cc1cc2c(C(C)O)cn(CCCO)c2cc1Cl. The van der Waals surface area contributed by atoms with E-state index in [4.69, 9.17) is 16.7 Å². The summed E-state index contributed by atoms with van der Waals surface area (Å²) in [6.45, 7) is 4.59. The van der Waals surface area contributed by atoms with Crippen LogP contribution in [0, 0.1) is 6.92 Å². The van der Waals surface area contributed by atoms with Crippen molar-refractivity contribution in [3.8, 4) is 0 Å². The van der Waals surface area contributed by atoms with Crippen molar-refractivity contribution in [2.45, 2.75) is 32.9 Å². The normalized spacial score (nSPS) is 13.2. The minimum Gasteiger partial charge on any atom is -0.396 e. The maximum absolute atomic E-state index is 9.82. The molecule has 0 fully saturated rings. The molecular weight excluding hydrogens is 250 g/mol. The number of hydrogen-bond acceptors (Lipinski definition) is 2. The summed E-state index contributed by atoms with van der Waals surface area (Å²) < 4.78 is 2.04. The molecule has 1 unspecified atom stereocenters. The van der Waals surface area contributed by atoms with Gasteiger partial charge in [0.2, 0.25) is 0 Å². The molecule has 0 aliphatic rings. The highest BCUT2D eigenvalue weighted by molar-refractivity contribution is 6.32. The predicted molar refractivity (Wildman–Crippen MR) is 74.0 cm³/mol. The van der Waals surface area contributed by atoms with Crippen LogP contribution in [0.4, 0.5) is 0 Å². The van der Waals surface area contributed by atoms with Crippen molar-refractivity contribution in [1.29, 1.82) is 0 Å². The summed E-state index contributed by atoms with van der Waals surface area (Å²) in [6, 6.07) is 3.94. The van der Waals surface area contributed by atoms with Crippen molar-refractivity contribution >= 4 is 22.5 Å². The standard InChI is InChI=1S/C14H18ClNO2/c1-9-6-11-12(10(2)18)8-16(4-3-5-17)14(11)7-13(9)15/h6-8,10,17-18H,3-5H2,1-2H3. The van der Waals surface area contributed by atoms with Crippen LogP contribution in [0.1, 0.15) is 30.6 Å². The Balaban J connectivity index is 2.61. The Morgan fingerprint density at radius 1 is 1.39 bits per heavy atom. The summed E-state index contributed by atoms with van der Waals surface area (Å²) in [5.41, 5.74) is 2.92. The van der Waals surface area contributed by atoms with Crippen LogP contribution in [0.5, 0.6) is 0 Å². The summed E-state index contributed by atoms with van der Waals surface area (Å²) in [5.74, 6) is 0. The maximum atomic E-state index is 9.82. The molecular formula is C14H18ClNO2. The highest BCUT2D eigenvalue weighted by Crippen LogP contribution is 2.31. The lowest BCUT2D eigenvalue weighted by molar-refractivity contribution is 0.200. The Bertz CT molecular complexity index is 560. The molecule has 3 nitrogen and oxygen atoms in total. The minimum atomic E-state index is -0.511. The van der Waals surface area contributed by atoms with Crippen molar-refractivity contribution in [3.63, 3.8) is 0 Å². The van der Waals surface area contributed by atoms with Gasteiger partial charge in [-0.3, -0.25) is 0 Å². The molecule has 0 amide bonds. The summed E-state index contributed by atoms with van der Waals surface area (Å²) in [6.07, 6.45) is 2.12. The third-order valence-corrected chi connectivity index (χ3v) is 3.61. The van der Waals surface area contributed by atoms with E-state index in [-0.39, 0.29) is 6.61 Å². The molecule has 1 aromatic carbocycles. The first kappa shape index (κ1) is 13.4. The molecule has 4 heteroatoms. The van der Waals surface area contributed by atoms with E-state index in [2.05, 4.69) is 0 Å². The van der Waals surface area contributed by atoms with Gasteiger partial charge in [-0.05, 0) is 38.0 Å². The fraction of sp³-hybridized carbons (Fsp3) is 0.429. The molecule has 0 aliphatic heterocycles. The fourth-order valence-corrected chi connectivity index (χ4v) is 2.36. The number of hydrogen-bond donors (Lipinski definition) is 2. The van der Waals surface area contributed by atoms with Gasteiger partial charge in [-0.25, -0.2) is 0 Å². The molecule has 2 rings (SSSR count). The molecule has 98 valence electrons. The highest BCUT2D eigenvalue weighted by atomic mass is 35.5. The first-order valence-electron chi connectivity index (χ1n) is 6.12. The summed E-state index contributed by atoms with van der Waals surface area (Å²) >= 11 is 6.16. The number of aliphatic hydroxyl groups is 2. The zero-order chi connectivity index (χ0) is 13.3. The fourth-order valence-electron chi connectivity index (χ4n) is 2.21. The zero-order valence-electron chi connectivity index (χ0n) is 10.7. The minimum absolute atomic E-state index is 0.156. The molecule has 2 aromatic rings. The Hall–Kier alpha value is -1.03. The lowest BCUT2D eigenvalue weighted by Gasteiger charge is -2.05. The van der Waals surface area contributed by atoms with E-state index in [1.807, 2.05) is 29.8 Å². The number of halogens is 1. The van der Waals surface area contributed by atoms with Gasteiger partial charge in [0, 0.05) is 40.8 Å². The molecule has 1 aromatic heterocycles. The van der Waals surface area contributed by atoms with Gasteiger partial charge in [-0.1, -0.05) is 11.6 Å². The van der Waals surface area contributed by atoms with Crippen LogP contribution in [-0.2, 0) is 6.54 Å². The second-order valence-corrected chi connectivity index (χ2v) is 5.06. The number of rotatable bonds is 4. The van der Waals surface area contributed by atoms with E-state index in [9.17, 15) is 5.11 Å². The molecule has 1 heterocycles. The van der Waals surface area contributed by atoms with Crippen LogP contribution in [0.3, 0.4) is 0 Å². The van der Waals surface area contributed by atoms with E-state index in [1.54, 1.807) is 6.92 Å². The molecule has 0 aliphatic carbocycles. The van der Waals surface area contributed by atoms with E-state index in [0.29, 0.717) is 6.42 Å². The van der Waals surface area contributed by atoms with Crippen LogP contribution in [0.2, 0.25) is 5.02 Å². The number of aryl methyl sites for hydroxylation is 2. The quantitative estimate of drug-likeness (QED) is 0.894. The average Bonchev–Trinajstić information content (AvgIpc) is 2.66. The van der Waals surface area contributed by atoms with Gasteiger partial charge in [0.15, 0.2) is 0 Å². The zero-order valence-corrected chi connectivity index (χ0v) is 11.4. The Morgan fingerprint density at radius 3 is 2.72 bits per heavy atom. The van der Waals surface area contributed by atoms with Crippen molar-refractivity contribution in [1.82, 2.24) is 4.57 Å². The van der Waals surface area contributed by atoms with Crippen molar-refractivity contribution in [3.05, 3.63) is 34.5 Å². The van der Waals surface area contributed by atoms with Crippen molar-refractivity contribution in [2.24, 2.45) is 0 Å². The van der Waals surface area contributed by atoms with E-state index in [0.717, 1.165) is 33.6 Å². The topological polar surface area (TPSA) is 45.4 Å². The van der Waals surface area contributed by atoms with Crippen LogP contribution in [-0.4, -0.2) is 21.4 Å². The third-order valence-electron chi connectivity index (χ3n) is 3.20. The van der Waals surface area contributed by atoms with E-state index in [1.165, 1.54) is 0 Å². The van der Waals surface area contributed by atoms with Gasteiger partial charge >= 0.3 is 0 Å². The van der Waals surface area contributed by atoms with Gasteiger partial charge in [-0.15, -0.1) is 0 Å². The van der Waals surface area contributed by atoms with Gasteiger partial charge in [0.25, 0.3) is 0 Å². The first-order chi connectivity index (χ1) is 8.54. The summed E-state index contributed by atoms with van der Waals surface area (Å²) in [5, 5.41) is 20.5. The maximum Gasteiger partial charge on any atom is 0.0782 e. The smallest absolute Gasteiger partial charge is 0.0782 e. The summed E-state index contributed by atoms with van der Waals surface area (Å²) in [4.78, 5) is 0. The Kier molecular flexibility index (Phi) is 3.95. The molecule has 0 spiro atoms. The van der Waals surface area contributed by atoms with Crippen molar-refractivity contribution < 1.29 is 10.2 Å². The van der Waals surface area contributed by atoms with E-state index >= 15 is 0 Å². The second kappa shape index (κ2) is 5.31. The largest absolute Gasteiger partial charge is 0.396 e. The first-order valence-corrected chi connectivity index (χ1v) is 6.50. The second-order valence-electron chi connectivity index (χ2n) is 4.65. The molecule has 0 saturated carbocycles. The van der Waals surface area contributed by atoms with Crippen LogP contribution in [0.25, 0.3) is 10.9 Å². The molecule has 18 heavy (non-hydrogen) atoms. The molecule has 2 N–H and O–H groups in total. The van der Waals surface area contributed by atoms with Crippen molar-refractivity contribution in [2.75, 3.05) is 6.61 Å². The van der Waals surface area contributed by atoms with Gasteiger partial charge in [-0.2, -0.15) is 0 Å². The van der Waals surface area contributed by atoms with Gasteiger partial charge in [0.05, 0.1) is 6.10 Å². The number of benzene rings is 1. The van der Waals surface area contributed by atoms with Crippen LogP contribution >= 0.6 is 11.6 Å². The van der Waals surface area contributed by atoms with E-state index < -0.39 is 6.10 Å². The number of nitrogens with zero attached hydrogens (tertiary/aromatic N) is 1. The van der Waals surface area contributed by atoms with Crippen LogP contribution in [0.15, 0.2) is 18.3 Å². The number of aliphatic hydroxyl groups excluding tert-OH is 2. The average molecular weight is 268 g/mol.